The number of hydrogen-bond acceptors (Lipinski definition) is 5. The number of aryl methyl sites for hydroxylation is 1. The van der Waals surface area contributed by atoms with Crippen molar-refractivity contribution in [3.63, 3.8) is 0 Å². The summed E-state index contributed by atoms with van der Waals surface area (Å²) < 4.78 is 28.6. The molecular weight excluding hydrogens is 440 g/mol. The highest BCUT2D eigenvalue weighted by Crippen LogP contribution is 2.21. The lowest BCUT2D eigenvalue weighted by Crippen LogP contribution is -2.14. The summed E-state index contributed by atoms with van der Waals surface area (Å²) in [5, 5.41) is 5.55. The molecule has 170 valence electrons. The number of carbonyl (C=O) groups is 2. The molecule has 0 saturated carbocycles. The van der Waals surface area contributed by atoms with E-state index in [1.54, 1.807) is 44.4 Å². The Bertz CT molecular complexity index is 1310. The van der Waals surface area contributed by atoms with Gasteiger partial charge in [-0.15, -0.1) is 0 Å². The van der Waals surface area contributed by atoms with Gasteiger partial charge >= 0.3 is 0 Å². The molecule has 33 heavy (non-hydrogen) atoms. The third-order valence-corrected chi connectivity index (χ3v) is 5.92. The zero-order chi connectivity index (χ0) is 24.0. The maximum Gasteiger partial charge on any atom is 0.255 e. The fraction of sp³-hybridized carbons (Fsp3) is 0.120. The van der Waals surface area contributed by atoms with E-state index in [1.165, 1.54) is 24.3 Å². The van der Waals surface area contributed by atoms with Crippen LogP contribution in [0.1, 0.15) is 21.5 Å². The fourth-order valence-corrected chi connectivity index (χ4v) is 3.68. The van der Waals surface area contributed by atoms with Crippen molar-refractivity contribution in [1.82, 2.24) is 0 Å². The van der Waals surface area contributed by atoms with Crippen molar-refractivity contribution >= 4 is 39.1 Å². The Hall–Kier alpha value is -3.91. The van der Waals surface area contributed by atoms with Crippen LogP contribution in [0, 0.1) is 6.92 Å². The van der Waals surface area contributed by atoms with Crippen LogP contribution in [0.5, 0.6) is 5.75 Å². The quantitative estimate of drug-likeness (QED) is 0.508. The maximum atomic E-state index is 12.6. The molecular formula is C25H24N2O5S. The average Bonchev–Trinajstić information content (AvgIpc) is 2.79. The smallest absolute Gasteiger partial charge is 0.255 e. The van der Waals surface area contributed by atoms with E-state index in [2.05, 4.69) is 10.6 Å². The SMILES string of the molecule is COc1ccc(/C=C/C(=O)Nc2ccc(NC(=O)c3cccc(S(C)(=O)=O)c3)c(C)c2)cc1. The van der Waals surface area contributed by atoms with Gasteiger partial charge in [0.25, 0.3) is 5.91 Å². The van der Waals surface area contributed by atoms with Gasteiger partial charge in [0.05, 0.1) is 12.0 Å². The third kappa shape index (κ3) is 6.54. The lowest BCUT2D eigenvalue weighted by atomic mass is 10.1. The van der Waals surface area contributed by atoms with E-state index in [1.807, 2.05) is 24.3 Å². The van der Waals surface area contributed by atoms with Gasteiger partial charge in [0.15, 0.2) is 9.84 Å². The van der Waals surface area contributed by atoms with Crippen LogP contribution in [0.15, 0.2) is 77.7 Å². The van der Waals surface area contributed by atoms with Crippen LogP contribution in [0.25, 0.3) is 6.08 Å². The summed E-state index contributed by atoms with van der Waals surface area (Å²) in [6.07, 6.45) is 4.22. The zero-order valence-electron chi connectivity index (χ0n) is 18.5. The van der Waals surface area contributed by atoms with Gasteiger partial charge in [0.1, 0.15) is 5.75 Å². The van der Waals surface area contributed by atoms with Crippen LogP contribution in [0.3, 0.4) is 0 Å². The number of benzene rings is 3. The predicted molar refractivity (Wildman–Crippen MR) is 129 cm³/mol. The van der Waals surface area contributed by atoms with Crippen molar-refractivity contribution in [2.75, 3.05) is 24.0 Å². The number of ether oxygens (including phenoxy) is 1. The molecule has 7 nitrogen and oxygen atoms in total. The molecule has 8 heteroatoms. The number of hydrogen-bond donors (Lipinski definition) is 2. The second kappa shape index (κ2) is 10.1. The molecule has 2 amide bonds. The maximum absolute atomic E-state index is 12.6. The summed E-state index contributed by atoms with van der Waals surface area (Å²) in [6.45, 7) is 1.80. The van der Waals surface area contributed by atoms with Crippen molar-refractivity contribution in [3.8, 4) is 5.75 Å². The lowest BCUT2D eigenvalue weighted by molar-refractivity contribution is -0.111. The summed E-state index contributed by atoms with van der Waals surface area (Å²) in [4.78, 5) is 24.9. The Morgan fingerprint density at radius 2 is 1.67 bits per heavy atom. The summed E-state index contributed by atoms with van der Waals surface area (Å²) in [6, 6.07) is 18.2. The number of sulfone groups is 1. The van der Waals surface area contributed by atoms with Gasteiger partial charge in [-0.05, 0) is 72.7 Å². The highest BCUT2D eigenvalue weighted by Gasteiger charge is 2.13. The van der Waals surface area contributed by atoms with Crippen molar-refractivity contribution in [2.24, 2.45) is 0 Å². The van der Waals surface area contributed by atoms with E-state index in [0.29, 0.717) is 11.4 Å². The molecule has 0 aliphatic heterocycles. The van der Waals surface area contributed by atoms with Crippen LogP contribution >= 0.6 is 0 Å². The number of rotatable bonds is 7. The van der Waals surface area contributed by atoms with Gasteiger partial charge in [-0.3, -0.25) is 9.59 Å². The molecule has 0 heterocycles. The van der Waals surface area contributed by atoms with Crippen LogP contribution in [-0.2, 0) is 14.6 Å². The van der Waals surface area contributed by atoms with Crippen molar-refractivity contribution < 1.29 is 22.7 Å². The monoisotopic (exact) mass is 464 g/mol. The van der Waals surface area contributed by atoms with Gasteiger partial charge in [-0.25, -0.2) is 8.42 Å². The summed E-state index contributed by atoms with van der Waals surface area (Å²) in [7, 11) is -1.82. The Kier molecular flexibility index (Phi) is 7.30. The Labute approximate surface area is 193 Å². The molecule has 3 aromatic carbocycles. The molecule has 0 atom stereocenters. The van der Waals surface area contributed by atoms with Gasteiger partial charge in [0, 0.05) is 29.3 Å². The first-order valence-corrected chi connectivity index (χ1v) is 11.9. The standard InChI is InChI=1S/C25H24N2O5S/c1-17-15-20(26-24(28)14-9-18-7-11-21(32-2)12-8-18)10-13-23(17)27-25(29)19-5-4-6-22(16-19)33(3,30)31/h4-16H,1-3H3,(H,26,28)(H,27,29)/b14-9+. The van der Waals surface area contributed by atoms with Crippen LogP contribution < -0.4 is 15.4 Å². The fourth-order valence-electron chi connectivity index (χ4n) is 3.01. The number of nitrogens with one attached hydrogen (secondary N) is 2. The second-order valence-corrected chi connectivity index (χ2v) is 9.40. The number of amides is 2. The minimum atomic E-state index is -3.41. The van der Waals surface area contributed by atoms with Crippen molar-refractivity contribution in [2.45, 2.75) is 11.8 Å². The van der Waals surface area contributed by atoms with Gasteiger partial charge in [0.2, 0.25) is 5.91 Å². The first kappa shape index (κ1) is 23.7. The van der Waals surface area contributed by atoms with Crippen molar-refractivity contribution in [3.05, 3.63) is 89.5 Å². The van der Waals surface area contributed by atoms with E-state index < -0.39 is 15.7 Å². The third-order valence-electron chi connectivity index (χ3n) is 4.81. The second-order valence-electron chi connectivity index (χ2n) is 7.38. The molecule has 0 aliphatic carbocycles. The normalized spacial score (nSPS) is 11.2. The first-order chi connectivity index (χ1) is 15.7. The molecule has 0 aromatic heterocycles. The van der Waals surface area contributed by atoms with Crippen LogP contribution in [0.2, 0.25) is 0 Å². The topological polar surface area (TPSA) is 102 Å². The zero-order valence-corrected chi connectivity index (χ0v) is 19.3. The average molecular weight is 465 g/mol. The predicted octanol–water partition coefficient (Wildman–Crippen LogP) is 4.31. The Balaban J connectivity index is 1.65. The molecule has 0 saturated heterocycles. The number of anilines is 2. The van der Waals surface area contributed by atoms with Crippen LogP contribution in [-0.4, -0.2) is 33.6 Å². The summed E-state index contributed by atoms with van der Waals surface area (Å²) >= 11 is 0. The minimum absolute atomic E-state index is 0.0765. The molecule has 0 fully saturated rings. The molecule has 3 rings (SSSR count). The molecule has 2 N–H and O–H groups in total. The largest absolute Gasteiger partial charge is 0.497 e. The Morgan fingerprint density at radius 3 is 2.30 bits per heavy atom. The van der Waals surface area contributed by atoms with Crippen molar-refractivity contribution in [1.29, 1.82) is 0 Å². The van der Waals surface area contributed by atoms with Crippen LogP contribution in [0.4, 0.5) is 11.4 Å². The van der Waals surface area contributed by atoms with E-state index in [9.17, 15) is 18.0 Å². The first-order valence-electron chi connectivity index (χ1n) is 10.0. The van der Waals surface area contributed by atoms with E-state index >= 15 is 0 Å². The molecule has 0 radical (unpaired) electrons. The van der Waals surface area contributed by atoms with Gasteiger partial charge in [-0.2, -0.15) is 0 Å². The molecule has 3 aromatic rings. The summed E-state index contributed by atoms with van der Waals surface area (Å²) in [5.74, 6) is 0.0183. The molecule has 0 aliphatic rings. The molecule has 0 spiro atoms. The molecule has 0 bridgehead atoms. The van der Waals surface area contributed by atoms with E-state index in [0.717, 1.165) is 23.1 Å². The lowest BCUT2D eigenvalue weighted by Gasteiger charge is -2.11. The van der Waals surface area contributed by atoms with E-state index in [4.69, 9.17) is 4.74 Å². The number of methoxy groups -OCH3 is 1. The van der Waals surface area contributed by atoms with Gasteiger partial charge < -0.3 is 15.4 Å². The van der Waals surface area contributed by atoms with E-state index in [-0.39, 0.29) is 16.4 Å². The van der Waals surface area contributed by atoms with Gasteiger partial charge in [-0.1, -0.05) is 18.2 Å². The minimum Gasteiger partial charge on any atom is -0.497 e. The number of carbonyl (C=O) groups excluding carboxylic acids is 2. The summed E-state index contributed by atoms with van der Waals surface area (Å²) in [5.41, 5.74) is 2.96. The highest BCUT2D eigenvalue weighted by molar-refractivity contribution is 7.90. The molecule has 0 unspecified atom stereocenters. The Morgan fingerprint density at radius 1 is 0.939 bits per heavy atom. The highest BCUT2D eigenvalue weighted by atomic mass is 32.2.